The van der Waals surface area contributed by atoms with Crippen LogP contribution in [0.2, 0.25) is 0 Å². The van der Waals surface area contributed by atoms with Crippen LogP contribution in [0.3, 0.4) is 0 Å². The SMILES string of the molecule is CC(C)(C)c1cc(-c2ccc3c(c2)c2ccc(Oc4[c-]c([N+]5=C=[N+](c6cc(C(C)(C)C)cc(C(C)(C)C)c6)c6c5cccc6[Si](c5ccccc5)(c5ccccc5)c5ccccc5)ccc4)[c-]c2n3-c2cc(C(C)(C)C)ccn2)cc(C(C)(C)C)c1.[Pt+2]. The molecule has 0 N–H and O–H groups in total. The first-order valence-electron chi connectivity index (χ1n) is 30.4. The third-order valence-corrected chi connectivity index (χ3v) is 22.1. The van der Waals surface area contributed by atoms with Crippen molar-refractivity contribution in [1.82, 2.24) is 18.7 Å². The van der Waals surface area contributed by atoms with Gasteiger partial charge in [0.2, 0.25) is 5.69 Å². The number of nitrogens with zero attached hydrogens (tertiary/aromatic N) is 4. The average molecular weight is 1340 g/mol. The Morgan fingerprint density at radius 3 is 1.49 bits per heavy atom. The molecule has 0 aliphatic carbocycles. The van der Waals surface area contributed by atoms with Crippen molar-refractivity contribution in [3.05, 3.63) is 252 Å². The Bertz CT molecular complexity index is 4320. The van der Waals surface area contributed by atoms with E-state index in [0.29, 0.717) is 11.5 Å². The Balaban J connectivity index is 0.00000784. The predicted octanol–water partition coefficient (Wildman–Crippen LogP) is 18.0. The summed E-state index contributed by atoms with van der Waals surface area (Å²) in [5, 5.41) is 7.36. The van der Waals surface area contributed by atoms with E-state index in [2.05, 4.69) is 330 Å². The fourth-order valence-corrected chi connectivity index (χ4v) is 17.2. The Morgan fingerprint density at radius 1 is 0.437 bits per heavy atom. The molecule has 0 radical (unpaired) electrons. The first-order valence-corrected chi connectivity index (χ1v) is 32.4. The van der Waals surface area contributed by atoms with E-state index in [0.717, 1.165) is 50.4 Å². The Labute approximate surface area is 532 Å². The van der Waals surface area contributed by atoms with Crippen molar-refractivity contribution in [2.24, 2.45) is 0 Å². The maximum atomic E-state index is 6.99. The van der Waals surface area contributed by atoms with Crippen LogP contribution >= 0.6 is 0 Å². The molecule has 1 aliphatic rings. The molecule has 3 heterocycles. The quantitative estimate of drug-likeness (QED) is 0.0592. The van der Waals surface area contributed by atoms with Crippen molar-refractivity contribution in [1.29, 1.82) is 0 Å². The number of aromatic nitrogens is 2. The number of fused-ring (bicyclic) bond motifs is 4. The van der Waals surface area contributed by atoms with Crippen molar-refractivity contribution < 1.29 is 25.8 Å². The van der Waals surface area contributed by atoms with Gasteiger partial charge in [-0.25, -0.2) is 4.98 Å². The minimum Gasteiger partial charge on any atom is -0.509 e. The summed E-state index contributed by atoms with van der Waals surface area (Å²) < 4.78 is 13.8. The van der Waals surface area contributed by atoms with Gasteiger partial charge in [-0.3, -0.25) is 0 Å². The normalized spacial score (nSPS) is 13.1. The van der Waals surface area contributed by atoms with Gasteiger partial charge in [0, 0.05) is 46.6 Å². The maximum Gasteiger partial charge on any atom is 2.00 e. The minimum absolute atomic E-state index is 0. The largest absolute Gasteiger partial charge is 2.00 e. The molecule has 1 aliphatic heterocycles. The van der Waals surface area contributed by atoms with Crippen LogP contribution in [-0.2, 0) is 48.1 Å². The number of ether oxygens (including phenoxy) is 1. The van der Waals surface area contributed by atoms with E-state index < -0.39 is 8.07 Å². The molecule has 0 spiro atoms. The van der Waals surface area contributed by atoms with Gasteiger partial charge >= 0.3 is 27.1 Å². The van der Waals surface area contributed by atoms with Crippen molar-refractivity contribution in [2.75, 3.05) is 0 Å². The van der Waals surface area contributed by atoms with Gasteiger partial charge in [-0.15, -0.1) is 23.6 Å². The second kappa shape index (κ2) is 22.6. The van der Waals surface area contributed by atoms with E-state index in [-0.39, 0.29) is 48.1 Å². The molecule has 0 atom stereocenters. The number of para-hydroxylation sites is 1. The molecule has 0 saturated heterocycles. The zero-order valence-electron chi connectivity index (χ0n) is 53.2. The molecule has 0 fully saturated rings. The molecule has 2 aromatic heterocycles. The zero-order chi connectivity index (χ0) is 60.7. The van der Waals surface area contributed by atoms with E-state index in [4.69, 9.17) is 9.72 Å². The molecule has 0 amide bonds. The summed E-state index contributed by atoms with van der Waals surface area (Å²) in [4.78, 5) is 5.06. The van der Waals surface area contributed by atoms with Crippen LogP contribution in [0, 0.1) is 12.1 Å². The van der Waals surface area contributed by atoms with Crippen LogP contribution in [0.15, 0.2) is 212 Å². The molecule has 0 bridgehead atoms. The van der Waals surface area contributed by atoms with Gasteiger partial charge in [-0.05, 0) is 110 Å². The average Bonchev–Trinajstić information content (AvgIpc) is 1.72. The summed E-state index contributed by atoms with van der Waals surface area (Å²) in [6.45, 7) is 34.4. The first kappa shape index (κ1) is 60.7. The van der Waals surface area contributed by atoms with E-state index in [9.17, 15) is 0 Å². The van der Waals surface area contributed by atoms with E-state index in [1.54, 1.807) is 0 Å². The van der Waals surface area contributed by atoms with E-state index in [1.807, 2.05) is 18.3 Å². The second-order valence-corrected chi connectivity index (χ2v) is 32.4. The summed E-state index contributed by atoms with van der Waals surface area (Å²) in [5.74, 6) is 1.97. The van der Waals surface area contributed by atoms with E-state index in [1.165, 1.54) is 59.7 Å². The maximum absolute atomic E-state index is 6.99. The molecule has 5 nitrogen and oxygen atoms in total. The molecule has 0 unspecified atom stereocenters. The third kappa shape index (κ3) is 11.5. The van der Waals surface area contributed by atoms with Gasteiger partial charge in [-0.2, -0.15) is 12.1 Å². The van der Waals surface area contributed by atoms with Gasteiger partial charge in [0.25, 0.3) is 11.4 Å². The molecule has 7 heteroatoms. The zero-order valence-corrected chi connectivity index (χ0v) is 56.5. The van der Waals surface area contributed by atoms with Crippen LogP contribution in [0.25, 0.3) is 38.8 Å². The fourth-order valence-electron chi connectivity index (χ4n) is 12.3. The standard InChI is InChI=1S/C80H80N4OSi.Pt/c1-76(2,3)56-41-42-81-74(50-56)84-70-40-37-54(55-43-57(77(4,5)6)46-58(44-55)78(7,8)9)45-69(70)68-39-38-64(52-72(68)84)85-63-28-25-27-61(51-63)82-53-83(62-48-59(79(10,11)12)47-60(49-62)80(13,14)15)75-71(82)35-26-36-73(75)86(65-29-19-16-20-30-65,66-31-21-17-22-32-66)67-33-23-18-24-34-67;/h16-50H,1-15H3;/q;+2. The van der Waals surface area contributed by atoms with Gasteiger partial charge in [0.05, 0.1) is 0 Å². The van der Waals surface area contributed by atoms with Gasteiger partial charge in [0.1, 0.15) is 11.5 Å². The minimum atomic E-state index is -3.09. The van der Waals surface area contributed by atoms with Crippen LogP contribution in [-0.4, -0.2) is 23.6 Å². The Kier molecular flexibility index (Phi) is 15.8. The number of hydrogen-bond acceptors (Lipinski definition) is 2. The van der Waals surface area contributed by atoms with Crippen molar-refractivity contribution in [3.8, 4) is 28.4 Å². The van der Waals surface area contributed by atoms with Crippen molar-refractivity contribution in [3.63, 3.8) is 0 Å². The third-order valence-electron chi connectivity index (χ3n) is 17.3. The molecule has 438 valence electrons. The number of rotatable bonds is 10. The van der Waals surface area contributed by atoms with Gasteiger partial charge < -0.3 is 9.30 Å². The monoisotopic (exact) mass is 1340 g/mol. The van der Waals surface area contributed by atoms with Crippen molar-refractivity contribution in [2.45, 2.75) is 131 Å². The second-order valence-electron chi connectivity index (χ2n) is 28.7. The fraction of sp³-hybridized carbons (Fsp3) is 0.250. The predicted molar refractivity (Wildman–Crippen MR) is 366 cm³/mol. The Hall–Kier alpha value is -7.98. The van der Waals surface area contributed by atoms with Crippen LogP contribution < -0.4 is 34.6 Å². The molecular formula is C80H80N4OPtSi+2. The summed E-state index contributed by atoms with van der Waals surface area (Å²) in [6.07, 6.45) is 1.93. The number of benzene rings is 9. The van der Waals surface area contributed by atoms with Gasteiger partial charge in [0.15, 0.2) is 8.07 Å². The van der Waals surface area contributed by atoms with Crippen LogP contribution in [0.5, 0.6) is 11.5 Å². The van der Waals surface area contributed by atoms with Crippen LogP contribution in [0.4, 0.5) is 22.7 Å². The summed E-state index contributed by atoms with van der Waals surface area (Å²) in [6, 6.07) is 87.9. The van der Waals surface area contributed by atoms with Crippen molar-refractivity contribution >= 4 is 79.4 Å². The number of hydrogen-bond donors (Lipinski definition) is 0. The number of pyridine rings is 1. The summed E-state index contributed by atoms with van der Waals surface area (Å²) in [5.41, 5.74) is 14.3. The van der Waals surface area contributed by atoms with Gasteiger partial charge in [-0.1, -0.05) is 266 Å². The van der Waals surface area contributed by atoms with E-state index >= 15 is 0 Å². The molecular weight excluding hydrogens is 1260 g/mol. The van der Waals surface area contributed by atoms with Crippen LogP contribution in [0.1, 0.15) is 132 Å². The molecule has 9 aromatic carbocycles. The smallest absolute Gasteiger partial charge is 0.509 e. The topological polar surface area (TPSA) is 33.1 Å². The summed E-state index contributed by atoms with van der Waals surface area (Å²) >= 11 is 0. The molecule has 0 saturated carbocycles. The molecule has 12 rings (SSSR count). The summed E-state index contributed by atoms with van der Waals surface area (Å²) in [7, 11) is -3.09. The molecule has 87 heavy (non-hydrogen) atoms. The molecule has 11 aromatic rings. The Morgan fingerprint density at radius 2 is 0.954 bits per heavy atom. The first-order chi connectivity index (χ1) is 40.8.